The Labute approximate surface area is 110 Å². The molecule has 0 bridgehead atoms. The Morgan fingerprint density at radius 1 is 1.53 bits per heavy atom. The Bertz CT molecular complexity index is 518. The third-order valence-electron chi connectivity index (χ3n) is 3.16. The molecule has 2 unspecified atom stereocenters. The van der Waals surface area contributed by atoms with Crippen LogP contribution in [0.4, 0.5) is 0 Å². The molecule has 0 amide bonds. The van der Waals surface area contributed by atoms with E-state index in [2.05, 4.69) is 27.8 Å². The van der Waals surface area contributed by atoms with Gasteiger partial charge in [0.05, 0.1) is 0 Å². The lowest BCUT2D eigenvalue weighted by molar-refractivity contribution is 0.444. The minimum atomic E-state index is -3.40. The Hall–Kier alpha value is -0.460. The Morgan fingerprint density at radius 3 is 2.71 bits per heavy atom. The predicted molar refractivity (Wildman–Crippen MR) is 69.0 cm³/mol. The molecule has 6 heteroatoms. The van der Waals surface area contributed by atoms with Crippen LogP contribution in [0.2, 0.25) is 0 Å². The first-order valence-corrected chi connectivity index (χ1v) is 7.71. The van der Waals surface area contributed by atoms with Gasteiger partial charge in [-0.2, -0.15) is 0 Å². The molecule has 1 aliphatic carbocycles. The van der Waals surface area contributed by atoms with Crippen LogP contribution in [-0.4, -0.2) is 31.3 Å². The van der Waals surface area contributed by atoms with Gasteiger partial charge in [0.1, 0.15) is 4.90 Å². The fourth-order valence-electron chi connectivity index (χ4n) is 1.80. The van der Waals surface area contributed by atoms with E-state index in [0.29, 0.717) is 22.9 Å². The van der Waals surface area contributed by atoms with Crippen LogP contribution in [0.15, 0.2) is 27.8 Å². The first-order chi connectivity index (χ1) is 7.91. The molecule has 0 aromatic carbocycles. The van der Waals surface area contributed by atoms with Crippen LogP contribution >= 0.6 is 15.9 Å². The lowest BCUT2D eigenvalue weighted by atomic mass is 10.3. The zero-order valence-electron chi connectivity index (χ0n) is 9.80. The van der Waals surface area contributed by atoms with Gasteiger partial charge in [-0.3, -0.25) is 4.98 Å². The van der Waals surface area contributed by atoms with Crippen LogP contribution < -0.4 is 0 Å². The van der Waals surface area contributed by atoms with Gasteiger partial charge in [-0.05, 0) is 40.3 Å². The molecule has 1 heterocycles. The van der Waals surface area contributed by atoms with Crippen molar-refractivity contribution in [2.24, 2.45) is 11.8 Å². The smallest absolute Gasteiger partial charge is 0.244 e. The molecule has 0 radical (unpaired) electrons. The highest BCUT2D eigenvalue weighted by Crippen LogP contribution is 2.38. The van der Waals surface area contributed by atoms with Crippen LogP contribution in [-0.2, 0) is 10.0 Å². The average molecular weight is 319 g/mol. The maximum Gasteiger partial charge on any atom is 0.244 e. The number of halogens is 1. The van der Waals surface area contributed by atoms with Crippen LogP contribution in [0.1, 0.15) is 13.3 Å². The van der Waals surface area contributed by atoms with E-state index in [1.165, 1.54) is 10.5 Å². The van der Waals surface area contributed by atoms with E-state index in [1.54, 1.807) is 19.3 Å². The number of nitrogens with zero attached hydrogens (tertiary/aromatic N) is 2. The maximum absolute atomic E-state index is 12.2. The first kappa shape index (κ1) is 13.0. The Balaban J connectivity index is 2.17. The summed E-state index contributed by atoms with van der Waals surface area (Å²) in [4.78, 5) is 4.13. The molecule has 0 N–H and O–H groups in total. The Kier molecular flexibility index (Phi) is 3.56. The molecule has 2 rings (SSSR count). The monoisotopic (exact) mass is 318 g/mol. The Morgan fingerprint density at radius 2 is 2.18 bits per heavy atom. The van der Waals surface area contributed by atoms with Crippen LogP contribution in [0.5, 0.6) is 0 Å². The van der Waals surface area contributed by atoms with E-state index in [1.807, 2.05) is 0 Å². The molecular weight excluding hydrogens is 304 g/mol. The minimum Gasteiger partial charge on any atom is -0.262 e. The highest BCUT2D eigenvalue weighted by molar-refractivity contribution is 9.10. The fraction of sp³-hybridized carbons (Fsp3) is 0.545. The van der Waals surface area contributed by atoms with Gasteiger partial charge in [-0.1, -0.05) is 6.92 Å². The van der Waals surface area contributed by atoms with Crippen molar-refractivity contribution in [3.05, 3.63) is 22.9 Å². The van der Waals surface area contributed by atoms with E-state index in [9.17, 15) is 8.42 Å². The molecule has 4 nitrogen and oxygen atoms in total. The van der Waals surface area contributed by atoms with E-state index in [-0.39, 0.29) is 4.90 Å². The number of sulfonamides is 1. The summed E-state index contributed by atoms with van der Waals surface area (Å²) in [6.45, 7) is 2.74. The lowest BCUT2D eigenvalue weighted by Crippen LogP contribution is -2.29. The molecule has 17 heavy (non-hydrogen) atoms. The van der Waals surface area contributed by atoms with E-state index >= 15 is 0 Å². The van der Waals surface area contributed by atoms with Gasteiger partial charge in [0.25, 0.3) is 0 Å². The van der Waals surface area contributed by atoms with Crippen molar-refractivity contribution in [3.63, 3.8) is 0 Å². The second-order valence-electron chi connectivity index (χ2n) is 4.60. The second-order valence-corrected chi connectivity index (χ2v) is 7.56. The van der Waals surface area contributed by atoms with Gasteiger partial charge >= 0.3 is 0 Å². The SMILES string of the molecule is CC1CC1CN(C)S(=O)(=O)c1cncc(Br)c1. The van der Waals surface area contributed by atoms with E-state index in [4.69, 9.17) is 0 Å². The third kappa shape index (κ3) is 2.86. The van der Waals surface area contributed by atoms with E-state index in [0.717, 1.165) is 6.42 Å². The molecule has 1 aliphatic rings. The molecule has 1 fully saturated rings. The predicted octanol–water partition coefficient (Wildman–Crippen LogP) is 2.12. The zero-order chi connectivity index (χ0) is 12.6. The molecule has 1 aromatic rings. The van der Waals surface area contributed by atoms with E-state index < -0.39 is 10.0 Å². The molecule has 0 aliphatic heterocycles. The number of pyridine rings is 1. The summed E-state index contributed by atoms with van der Waals surface area (Å²) in [6.07, 6.45) is 4.07. The number of rotatable bonds is 4. The van der Waals surface area contributed by atoms with Crippen LogP contribution in [0.25, 0.3) is 0 Å². The largest absolute Gasteiger partial charge is 0.262 e. The van der Waals surface area contributed by atoms with Crippen molar-refractivity contribution in [3.8, 4) is 0 Å². The first-order valence-electron chi connectivity index (χ1n) is 5.48. The van der Waals surface area contributed by atoms with Crippen molar-refractivity contribution in [1.29, 1.82) is 0 Å². The zero-order valence-corrected chi connectivity index (χ0v) is 12.2. The lowest BCUT2D eigenvalue weighted by Gasteiger charge is -2.16. The summed E-state index contributed by atoms with van der Waals surface area (Å²) >= 11 is 3.23. The van der Waals surface area contributed by atoms with Crippen molar-refractivity contribution in [2.45, 2.75) is 18.2 Å². The quantitative estimate of drug-likeness (QED) is 0.854. The standard InChI is InChI=1S/C11H15BrN2O2S/c1-8-3-9(8)7-14(2)17(15,16)11-4-10(12)5-13-6-11/h4-6,8-9H,3,7H2,1-2H3. The third-order valence-corrected chi connectivity index (χ3v) is 5.38. The number of hydrogen-bond acceptors (Lipinski definition) is 3. The van der Waals surface area contributed by atoms with Crippen molar-refractivity contribution >= 4 is 26.0 Å². The van der Waals surface area contributed by atoms with Crippen LogP contribution in [0.3, 0.4) is 0 Å². The van der Waals surface area contributed by atoms with Crippen molar-refractivity contribution in [2.75, 3.05) is 13.6 Å². The maximum atomic E-state index is 12.2. The minimum absolute atomic E-state index is 0.239. The molecular formula is C11H15BrN2O2S. The van der Waals surface area contributed by atoms with Gasteiger partial charge < -0.3 is 0 Å². The average Bonchev–Trinajstić information content (AvgIpc) is 2.94. The summed E-state index contributed by atoms with van der Waals surface area (Å²) in [5.41, 5.74) is 0. The van der Waals surface area contributed by atoms with Crippen molar-refractivity contribution in [1.82, 2.24) is 9.29 Å². The van der Waals surface area contributed by atoms with Gasteiger partial charge in [-0.15, -0.1) is 0 Å². The topological polar surface area (TPSA) is 50.3 Å². The summed E-state index contributed by atoms with van der Waals surface area (Å²) in [5.74, 6) is 1.16. The summed E-state index contributed by atoms with van der Waals surface area (Å²) in [7, 11) is -1.77. The molecule has 0 spiro atoms. The van der Waals surface area contributed by atoms with Gasteiger partial charge in [0.15, 0.2) is 0 Å². The fourth-order valence-corrected chi connectivity index (χ4v) is 3.53. The summed E-state index contributed by atoms with van der Waals surface area (Å²) in [6, 6.07) is 1.58. The van der Waals surface area contributed by atoms with Gasteiger partial charge in [0, 0.05) is 30.5 Å². The van der Waals surface area contributed by atoms with Crippen LogP contribution in [0, 0.1) is 11.8 Å². The van der Waals surface area contributed by atoms with Gasteiger partial charge in [0.2, 0.25) is 10.0 Å². The molecule has 1 saturated carbocycles. The summed E-state index contributed by atoms with van der Waals surface area (Å²) in [5, 5.41) is 0. The molecule has 94 valence electrons. The van der Waals surface area contributed by atoms with Crippen molar-refractivity contribution < 1.29 is 8.42 Å². The molecule has 1 aromatic heterocycles. The van der Waals surface area contributed by atoms with Gasteiger partial charge in [-0.25, -0.2) is 12.7 Å². The normalized spacial score (nSPS) is 24.0. The highest BCUT2D eigenvalue weighted by atomic mass is 79.9. The number of hydrogen-bond donors (Lipinski definition) is 0. The summed E-state index contributed by atoms with van der Waals surface area (Å²) < 4.78 is 26.5. The molecule has 2 atom stereocenters. The molecule has 0 saturated heterocycles. The highest BCUT2D eigenvalue weighted by Gasteiger charge is 2.36. The number of aromatic nitrogens is 1. The second kappa shape index (κ2) is 4.66.